The van der Waals surface area contributed by atoms with Crippen LogP contribution in [0.15, 0.2) is 29.7 Å². The molecule has 0 bridgehead atoms. The highest BCUT2D eigenvalue weighted by Crippen LogP contribution is 2.00. The maximum absolute atomic E-state index is 11.7. The molecule has 0 unspecified atom stereocenters. The monoisotopic (exact) mass is 208 g/mol. The number of aromatic nitrogens is 1. The molecule has 0 atom stereocenters. The van der Waals surface area contributed by atoms with Gasteiger partial charge in [-0.2, -0.15) is 0 Å². The van der Waals surface area contributed by atoms with Crippen LogP contribution in [0, 0.1) is 0 Å². The van der Waals surface area contributed by atoms with Gasteiger partial charge in [0.05, 0.1) is 6.54 Å². The Labute approximate surface area is 87.0 Å². The second-order valence-electron chi connectivity index (χ2n) is 2.99. The first-order valence-corrected chi connectivity index (χ1v) is 4.27. The molecule has 0 saturated carbocycles. The van der Waals surface area contributed by atoms with Gasteiger partial charge in [0.15, 0.2) is 5.84 Å². The van der Waals surface area contributed by atoms with E-state index in [4.69, 9.17) is 10.9 Å². The van der Waals surface area contributed by atoms with Crippen LogP contribution >= 0.6 is 0 Å². The fraction of sp³-hybridized carbons (Fsp3) is 0.222. The van der Waals surface area contributed by atoms with Crippen LogP contribution in [0.3, 0.4) is 0 Å². The summed E-state index contributed by atoms with van der Waals surface area (Å²) in [7, 11) is 1.57. The van der Waals surface area contributed by atoms with E-state index in [1.165, 1.54) is 17.3 Å². The summed E-state index contributed by atoms with van der Waals surface area (Å²) in [5.41, 5.74) is 5.80. The third-order valence-electron chi connectivity index (χ3n) is 1.80. The zero-order chi connectivity index (χ0) is 11.3. The molecule has 80 valence electrons. The Balaban J connectivity index is 2.70. The average molecular weight is 208 g/mol. The fourth-order valence-electron chi connectivity index (χ4n) is 1.06. The van der Waals surface area contributed by atoms with Crippen molar-refractivity contribution in [3.63, 3.8) is 0 Å². The molecule has 1 rings (SSSR count). The molecule has 0 spiro atoms. The van der Waals surface area contributed by atoms with Crippen molar-refractivity contribution in [2.75, 3.05) is 13.6 Å². The molecule has 1 amide bonds. The minimum absolute atomic E-state index is 0.0140. The average Bonchev–Trinajstić information content (AvgIpc) is 2.29. The number of rotatable bonds is 3. The van der Waals surface area contributed by atoms with Gasteiger partial charge in [-0.25, -0.2) is 0 Å². The van der Waals surface area contributed by atoms with Gasteiger partial charge < -0.3 is 15.8 Å². The van der Waals surface area contributed by atoms with Crippen molar-refractivity contribution < 1.29 is 10.0 Å². The van der Waals surface area contributed by atoms with E-state index < -0.39 is 0 Å². The summed E-state index contributed by atoms with van der Waals surface area (Å²) >= 11 is 0. The van der Waals surface area contributed by atoms with Crippen LogP contribution in [-0.4, -0.2) is 40.4 Å². The Hall–Kier alpha value is -2.11. The lowest BCUT2D eigenvalue weighted by atomic mass is 10.2. The number of pyridine rings is 1. The van der Waals surface area contributed by atoms with Gasteiger partial charge in [-0.15, -0.1) is 0 Å². The lowest BCUT2D eigenvalue weighted by molar-refractivity contribution is 0.0813. The number of hydrogen-bond donors (Lipinski definition) is 2. The zero-order valence-corrected chi connectivity index (χ0v) is 8.29. The number of hydrogen-bond acceptors (Lipinski definition) is 4. The molecule has 15 heavy (non-hydrogen) atoms. The molecule has 0 fully saturated rings. The van der Waals surface area contributed by atoms with Crippen LogP contribution in [0.1, 0.15) is 10.4 Å². The summed E-state index contributed by atoms with van der Waals surface area (Å²) < 4.78 is 0. The smallest absolute Gasteiger partial charge is 0.254 e. The molecular formula is C9H12N4O2. The highest BCUT2D eigenvalue weighted by molar-refractivity contribution is 5.96. The molecule has 0 aliphatic heterocycles. The van der Waals surface area contributed by atoms with Crippen LogP contribution in [0.4, 0.5) is 0 Å². The van der Waals surface area contributed by atoms with Gasteiger partial charge in [0.1, 0.15) is 0 Å². The number of amidine groups is 1. The molecule has 6 heteroatoms. The summed E-state index contributed by atoms with van der Waals surface area (Å²) in [6.07, 6.45) is 3.06. The number of carbonyl (C=O) groups excluding carboxylic acids is 1. The third kappa shape index (κ3) is 2.94. The summed E-state index contributed by atoms with van der Waals surface area (Å²) in [6, 6.07) is 3.20. The van der Waals surface area contributed by atoms with E-state index in [0.29, 0.717) is 5.56 Å². The topological polar surface area (TPSA) is 91.8 Å². The Morgan fingerprint density at radius 1 is 1.60 bits per heavy atom. The number of nitrogens with zero attached hydrogens (tertiary/aromatic N) is 3. The van der Waals surface area contributed by atoms with Gasteiger partial charge in [-0.3, -0.25) is 9.78 Å². The number of nitrogens with two attached hydrogens (primary N) is 1. The van der Waals surface area contributed by atoms with Crippen molar-refractivity contribution in [2.45, 2.75) is 0 Å². The third-order valence-corrected chi connectivity index (χ3v) is 1.80. The minimum Gasteiger partial charge on any atom is -0.409 e. The summed E-state index contributed by atoms with van der Waals surface area (Å²) in [4.78, 5) is 16.9. The van der Waals surface area contributed by atoms with E-state index in [0.717, 1.165) is 0 Å². The molecule has 1 heterocycles. The highest BCUT2D eigenvalue weighted by Gasteiger charge is 2.12. The van der Waals surface area contributed by atoms with Crippen LogP contribution in [0.2, 0.25) is 0 Å². The van der Waals surface area contributed by atoms with Gasteiger partial charge >= 0.3 is 0 Å². The number of carbonyl (C=O) groups is 1. The van der Waals surface area contributed by atoms with Crippen molar-refractivity contribution in [2.24, 2.45) is 10.9 Å². The number of likely N-dealkylation sites (N-methyl/N-ethyl adjacent to an activating group) is 1. The van der Waals surface area contributed by atoms with Crippen molar-refractivity contribution in [1.82, 2.24) is 9.88 Å². The van der Waals surface area contributed by atoms with Crippen LogP contribution in [0.25, 0.3) is 0 Å². The normalized spacial score (nSPS) is 11.1. The van der Waals surface area contributed by atoms with Gasteiger partial charge in [-0.05, 0) is 12.1 Å². The van der Waals surface area contributed by atoms with Crippen molar-refractivity contribution in [3.05, 3.63) is 30.1 Å². The lowest BCUT2D eigenvalue weighted by Gasteiger charge is -2.15. The van der Waals surface area contributed by atoms with E-state index in [-0.39, 0.29) is 18.3 Å². The summed E-state index contributed by atoms with van der Waals surface area (Å²) in [5, 5.41) is 11.1. The second-order valence-corrected chi connectivity index (χ2v) is 2.99. The molecule has 0 radical (unpaired) electrons. The standard InChI is InChI=1S/C9H12N4O2/c1-13(6-8(10)12-15)9(14)7-2-4-11-5-3-7/h2-5,15H,6H2,1H3,(H2,10,12). The first-order chi connectivity index (χ1) is 7.15. The number of amides is 1. The van der Waals surface area contributed by atoms with Gasteiger partial charge in [-0.1, -0.05) is 5.16 Å². The van der Waals surface area contributed by atoms with E-state index in [9.17, 15) is 4.79 Å². The Bertz CT molecular complexity index is 364. The largest absolute Gasteiger partial charge is 0.409 e. The SMILES string of the molecule is CN(CC(N)=NO)C(=O)c1ccncc1. The van der Waals surface area contributed by atoms with Crippen LogP contribution in [0.5, 0.6) is 0 Å². The molecule has 1 aromatic rings. The highest BCUT2D eigenvalue weighted by atomic mass is 16.4. The molecule has 0 aromatic carbocycles. The first kappa shape index (κ1) is 11.0. The predicted octanol–water partition coefficient (Wildman–Crippen LogP) is -0.100. The first-order valence-electron chi connectivity index (χ1n) is 4.27. The van der Waals surface area contributed by atoms with Crippen molar-refractivity contribution in [3.8, 4) is 0 Å². The Morgan fingerprint density at radius 3 is 2.73 bits per heavy atom. The van der Waals surface area contributed by atoms with Gasteiger partial charge in [0.25, 0.3) is 5.91 Å². The fourth-order valence-corrected chi connectivity index (χ4v) is 1.06. The van der Waals surface area contributed by atoms with Crippen molar-refractivity contribution >= 4 is 11.7 Å². The van der Waals surface area contributed by atoms with E-state index in [1.807, 2.05) is 0 Å². The predicted molar refractivity (Wildman–Crippen MR) is 54.6 cm³/mol. The molecule has 6 nitrogen and oxygen atoms in total. The molecule has 3 N–H and O–H groups in total. The van der Waals surface area contributed by atoms with E-state index >= 15 is 0 Å². The zero-order valence-electron chi connectivity index (χ0n) is 8.29. The Morgan fingerprint density at radius 2 is 2.20 bits per heavy atom. The lowest BCUT2D eigenvalue weighted by Crippen LogP contribution is -2.35. The van der Waals surface area contributed by atoms with E-state index in [1.54, 1.807) is 19.2 Å². The van der Waals surface area contributed by atoms with Gasteiger partial charge in [0.2, 0.25) is 0 Å². The second kappa shape index (κ2) is 4.94. The maximum atomic E-state index is 11.7. The maximum Gasteiger partial charge on any atom is 0.254 e. The molecule has 1 aromatic heterocycles. The van der Waals surface area contributed by atoms with Crippen LogP contribution in [-0.2, 0) is 0 Å². The molecule has 0 aliphatic rings. The molecule has 0 aliphatic carbocycles. The molecule has 0 saturated heterocycles. The Kier molecular flexibility index (Phi) is 3.61. The van der Waals surface area contributed by atoms with Gasteiger partial charge in [0, 0.05) is 25.0 Å². The summed E-state index contributed by atoms with van der Waals surface area (Å²) in [5.74, 6) is -0.219. The quantitative estimate of drug-likeness (QED) is 0.314. The van der Waals surface area contributed by atoms with Crippen molar-refractivity contribution in [1.29, 1.82) is 0 Å². The van der Waals surface area contributed by atoms with E-state index in [2.05, 4.69) is 10.1 Å². The molecular weight excluding hydrogens is 196 g/mol. The minimum atomic E-state index is -0.205. The summed E-state index contributed by atoms with van der Waals surface area (Å²) in [6.45, 7) is 0.0810. The number of oxime groups is 1. The van der Waals surface area contributed by atoms with Crippen LogP contribution < -0.4 is 5.73 Å².